The number of amides is 1. The van der Waals surface area contributed by atoms with E-state index in [2.05, 4.69) is 11.8 Å². The van der Waals surface area contributed by atoms with Gasteiger partial charge in [-0.05, 0) is 54.8 Å². The zero-order valence-corrected chi connectivity index (χ0v) is 15.9. The van der Waals surface area contributed by atoms with E-state index in [1.54, 1.807) is 31.2 Å². The minimum Gasteiger partial charge on any atom is -0.343 e. The molecule has 0 spiro atoms. The molecular weight excluding hydrogens is 346 g/mol. The van der Waals surface area contributed by atoms with Crippen molar-refractivity contribution in [3.05, 3.63) is 71.3 Å². The van der Waals surface area contributed by atoms with Crippen molar-refractivity contribution in [1.82, 2.24) is 9.80 Å². The fourth-order valence-corrected chi connectivity index (χ4v) is 4.03. The van der Waals surface area contributed by atoms with Gasteiger partial charge in [0.25, 0.3) is 0 Å². The van der Waals surface area contributed by atoms with E-state index in [1.165, 1.54) is 24.3 Å². The predicted molar refractivity (Wildman–Crippen MR) is 102 cm³/mol. The van der Waals surface area contributed by atoms with Gasteiger partial charge in [-0.3, -0.25) is 9.69 Å². The summed E-state index contributed by atoms with van der Waals surface area (Å²) in [6, 6.07) is 13.3. The molecule has 3 rings (SSSR count). The first-order chi connectivity index (χ1) is 13.0. The fraction of sp³-hybridized carbons (Fsp3) is 0.409. The third-order valence-corrected chi connectivity index (χ3v) is 5.45. The van der Waals surface area contributed by atoms with Crippen molar-refractivity contribution in [2.45, 2.75) is 38.8 Å². The van der Waals surface area contributed by atoms with Gasteiger partial charge in [0, 0.05) is 26.1 Å². The molecule has 0 unspecified atom stereocenters. The largest absolute Gasteiger partial charge is 0.343 e. The van der Waals surface area contributed by atoms with Crippen LogP contribution < -0.4 is 0 Å². The minimum atomic E-state index is -0.269. The molecule has 1 fully saturated rings. The topological polar surface area (TPSA) is 23.6 Å². The molecule has 0 N–H and O–H groups in total. The maximum atomic E-state index is 13.5. The van der Waals surface area contributed by atoms with Crippen molar-refractivity contribution < 1.29 is 13.6 Å². The molecule has 1 heterocycles. The Morgan fingerprint density at radius 3 is 1.81 bits per heavy atom. The van der Waals surface area contributed by atoms with Crippen molar-refractivity contribution in [3.8, 4) is 0 Å². The number of piperidine rings is 1. The maximum Gasteiger partial charge on any atom is 0.219 e. The van der Waals surface area contributed by atoms with Crippen LogP contribution >= 0.6 is 0 Å². The number of benzene rings is 2. The zero-order valence-electron chi connectivity index (χ0n) is 15.9. The van der Waals surface area contributed by atoms with Crippen LogP contribution in [0, 0.1) is 11.6 Å². The van der Waals surface area contributed by atoms with E-state index in [4.69, 9.17) is 0 Å². The van der Waals surface area contributed by atoms with Crippen LogP contribution in [0.5, 0.6) is 0 Å². The van der Waals surface area contributed by atoms with Gasteiger partial charge in [-0.25, -0.2) is 8.78 Å². The number of nitrogens with zero attached hydrogens (tertiary/aromatic N) is 2. The standard InChI is InChI=1S/C22H26F2N2O/c1-3-26(21-12-14-25(15-13-21)16(2)27)22(17-4-8-19(23)9-5-17)18-6-10-20(24)11-7-18/h4-11,21-22H,3,12-15H2,1-2H3. The summed E-state index contributed by atoms with van der Waals surface area (Å²) in [5.41, 5.74) is 1.97. The number of halogens is 2. The van der Waals surface area contributed by atoms with E-state index in [1.807, 2.05) is 4.90 Å². The summed E-state index contributed by atoms with van der Waals surface area (Å²) in [6.07, 6.45) is 1.79. The van der Waals surface area contributed by atoms with E-state index < -0.39 is 0 Å². The average Bonchev–Trinajstić information content (AvgIpc) is 2.68. The lowest BCUT2D eigenvalue weighted by Gasteiger charge is -2.42. The average molecular weight is 372 g/mol. The highest BCUT2D eigenvalue weighted by Crippen LogP contribution is 2.33. The molecule has 144 valence electrons. The Labute approximate surface area is 159 Å². The lowest BCUT2D eigenvalue weighted by Crippen LogP contribution is -2.47. The Balaban J connectivity index is 1.91. The highest BCUT2D eigenvalue weighted by Gasteiger charge is 2.31. The van der Waals surface area contributed by atoms with Gasteiger partial charge in [-0.2, -0.15) is 0 Å². The van der Waals surface area contributed by atoms with Crippen LogP contribution in [0.25, 0.3) is 0 Å². The highest BCUT2D eigenvalue weighted by molar-refractivity contribution is 5.73. The first-order valence-electron chi connectivity index (χ1n) is 9.51. The predicted octanol–water partition coefficient (Wildman–Crippen LogP) is 4.39. The third-order valence-electron chi connectivity index (χ3n) is 5.45. The monoisotopic (exact) mass is 372 g/mol. The number of hydrogen-bond acceptors (Lipinski definition) is 2. The van der Waals surface area contributed by atoms with Gasteiger partial charge >= 0.3 is 0 Å². The van der Waals surface area contributed by atoms with E-state index >= 15 is 0 Å². The number of likely N-dealkylation sites (tertiary alicyclic amines) is 1. The van der Waals surface area contributed by atoms with E-state index in [9.17, 15) is 13.6 Å². The van der Waals surface area contributed by atoms with Crippen LogP contribution in [0.1, 0.15) is 43.9 Å². The molecule has 0 aromatic heterocycles. The van der Waals surface area contributed by atoms with Gasteiger partial charge in [0.15, 0.2) is 0 Å². The van der Waals surface area contributed by atoms with Crippen LogP contribution in [0.4, 0.5) is 8.78 Å². The van der Waals surface area contributed by atoms with E-state index in [0.717, 1.165) is 43.6 Å². The molecule has 5 heteroatoms. The maximum absolute atomic E-state index is 13.5. The molecule has 0 radical (unpaired) electrons. The summed E-state index contributed by atoms with van der Waals surface area (Å²) in [5, 5.41) is 0. The van der Waals surface area contributed by atoms with Crippen molar-refractivity contribution in [2.75, 3.05) is 19.6 Å². The third kappa shape index (κ3) is 4.53. The van der Waals surface area contributed by atoms with Gasteiger partial charge in [0.05, 0.1) is 6.04 Å². The van der Waals surface area contributed by atoms with Gasteiger partial charge in [0.2, 0.25) is 5.91 Å². The molecule has 0 atom stereocenters. The van der Waals surface area contributed by atoms with Crippen molar-refractivity contribution in [1.29, 1.82) is 0 Å². The molecule has 1 amide bonds. The molecule has 2 aromatic carbocycles. The van der Waals surface area contributed by atoms with Crippen LogP contribution in [0.2, 0.25) is 0 Å². The Morgan fingerprint density at radius 1 is 1.00 bits per heavy atom. The molecule has 3 nitrogen and oxygen atoms in total. The highest BCUT2D eigenvalue weighted by atomic mass is 19.1. The van der Waals surface area contributed by atoms with Crippen LogP contribution in [-0.4, -0.2) is 41.4 Å². The lowest BCUT2D eigenvalue weighted by molar-refractivity contribution is -0.130. The second-order valence-electron chi connectivity index (χ2n) is 7.07. The molecule has 1 saturated heterocycles. The molecular formula is C22H26F2N2O. The summed E-state index contributed by atoms with van der Waals surface area (Å²) in [4.78, 5) is 15.9. The van der Waals surface area contributed by atoms with Crippen LogP contribution in [0.3, 0.4) is 0 Å². The first kappa shape index (κ1) is 19.5. The van der Waals surface area contributed by atoms with E-state index in [-0.39, 0.29) is 23.6 Å². The fourth-order valence-electron chi connectivity index (χ4n) is 4.03. The Hall–Kier alpha value is -2.27. The van der Waals surface area contributed by atoms with Crippen LogP contribution in [-0.2, 0) is 4.79 Å². The van der Waals surface area contributed by atoms with Gasteiger partial charge in [-0.15, -0.1) is 0 Å². The summed E-state index contributed by atoms with van der Waals surface area (Å²) >= 11 is 0. The van der Waals surface area contributed by atoms with Crippen LogP contribution in [0.15, 0.2) is 48.5 Å². The van der Waals surface area contributed by atoms with Gasteiger partial charge < -0.3 is 4.90 Å². The minimum absolute atomic E-state index is 0.0786. The normalized spacial score (nSPS) is 15.6. The van der Waals surface area contributed by atoms with Crippen molar-refractivity contribution in [3.63, 3.8) is 0 Å². The number of carbonyl (C=O) groups is 1. The number of hydrogen-bond donors (Lipinski definition) is 0. The number of carbonyl (C=O) groups excluding carboxylic acids is 1. The Bertz CT molecular complexity index is 707. The Kier molecular flexibility index (Phi) is 6.22. The van der Waals surface area contributed by atoms with Crippen molar-refractivity contribution >= 4 is 5.91 Å². The van der Waals surface area contributed by atoms with Gasteiger partial charge in [0.1, 0.15) is 11.6 Å². The second kappa shape index (κ2) is 8.61. The van der Waals surface area contributed by atoms with Gasteiger partial charge in [-0.1, -0.05) is 31.2 Å². The Morgan fingerprint density at radius 2 is 1.44 bits per heavy atom. The first-order valence-corrected chi connectivity index (χ1v) is 9.51. The molecule has 1 aliphatic rings. The molecule has 0 saturated carbocycles. The summed E-state index contributed by atoms with van der Waals surface area (Å²) in [5.74, 6) is -0.422. The zero-order chi connectivity index (χ0) is 19.4. The smallest absolute Gasteiger partial charge is 0.219 e. The molecule has 1 aliphatic heterocycles. The number of rotatable bonds is 5. The lowest BCUT2D eigenvalue weighted by atomic mass is 9.93. The summed E-state index contributed by atoms with van der Waals surface area (Å²) < 4.78 is 26.9. The summed E-state index contributed by atoms with van der Waals surface area (Å²) in [7, 11) is 0. The molecule has 27 heavy (non-hydrogen) atoms. The van der Waals surface area contributed by atoms with E-state index in [0.29, 0.717) is 6.04 Å². The SMILES string of the molecule is CCN(C1CCN(C(C)=O)CC1)C(c1ccc(F)cc1)c1ccc(F)cc1. The molecule has 0 aliphatic carbocycles. The summed E-state index contributed by atoms with van der Waals surface area (Å²) in [6.45, 7) is 6.02. The quantitative estimate of drug-likeness (QED) is 0.777. The second-order valence-corrected chi connectivity index (χ2v) is 7.07. The van der Waals surface area contributed by atoms with Crippen molar-refractivity contribution in [2.24, 2.45) is 0 Å². The molecule has 2 aromatic rings. The molecule has 0 bridgehead atoms.